The third-order valence-corrected chi connectivity index (χ3v) is 2.82. The lowest BCUT2D eigenvalue weighted by molar-refractivity contribution is -0.164. The van der Waals surface area contributed by atoms with Crippen LogP contribution in [0, 0.1) is 5.41 Å². The van der Waals surface area contributed by atoms with Gasteiger partial charge in [-0.05, 0) is 0 Å². The summed E-state index contributed by atoms with van der Waals surface area (Å²) in [5, 5.41) is 9.53. The van der Waals surface area contributed by atoms with Crippen molar-refractivity contribution in [1.29, 1.82) is 0 Å². The molecule has 0 aliphatic carbocycles. The molecule has 0 heterocycles. The number of aliphatic hydroxyl groups is 1. The minimum atomic E-state index is -1.16. The Kier molecular flexibility index (Phi) is 9.81. The maximum absolute atomic E-state index is 11.4. The zero-order valence-electron chi connectivity index (χ0n) is 12.3. The van der Waals surface area contributed by atoms with Crippen LogP contribution in [0.4, 0.5) is 0 Å². The normalized spacial score (nSPS) is 13.1. The van der Waals surface area contributed by atoms with Gasteiger partial charge in [0.1, 0.15) is 19.8 Å². The average molecular weight is 322 g/mol. The van der Waals surface area contributed by atoms with Gasteiger partial charge in [-0.25, -0.2) is 0 Å². The largest absolute Gasteiger partial charge is 0.465 e. The summed E-state index contributed by atoms with van der Waals surface area (Å²) in [6.45, 7) is 1.72. The van der Waals surface area contributed by atoms with Gasteiger partial charge in [0, 0.05) is 19.1 Å². The van der Waals surface area contributed by atoms with E-state index in [1.165, 1.54) is 6.92 Å². The van der Waals surface area contributed by atoms with E-state index in [4.69, 9.17) is 14.2 Å². The van der Waals surface area contributed by atoms with Gasteiger partial charge in [0.2, 0.25) is 0 Å². The Morgan fingerprint density at radius 2 is 1.57 bits per heavy atom. The highest BCUT2D eigenvalue weighted by Crippen LogP contribution is 2.20. The smallest absolute Gasteiger partial charge is 0.306 e. The van der Waals surface area contributed by atoms with Crippen LogP contribution < -0.4 is 0 Å². The standard InChI is InChI=1S/C13H22O7S/c1-3-11(16)19-8-13(6-14,7-18-10(2)15)9-20-12(17)4-5-21/h14,21H,3-9H2,1-2H3. The molecule has 0 radical (unpaired) electrons. The molecule has 0 aromatic carbocycles. The first-order valence-electron chi connectivity index (χ1n) is 6.55. The molecule has 0 saturated heterocycles. The van der Waals surface area contributed by atoms with Crippen molar-refractivity contribution in [3.05, 3.63) is 0 Å². The number of carbonyl (C=O) groups is 3. The van der Waals surface area contributed by atoms with Crippen molar-refractivity contribution in [1.82, 2.24) is 0 Å². The maximum atomic E-state index is 11.4. The molecule has 0 aliphatic heterocycles. The van der Waals surface area contributed by atoms with Crippen LogP contribution in [0.25, 0.3) is 0 Å². The van der Waals surface area contributed by atoms with E-state index in [0.29, 0.717) is 5.75 Å². The summed E-state index contributed by atoms with van der Waals surface area (Å²) in [7, 11) is 0. The first kappa shape index (κ1) is 19.7. The van der Waals surface area contributed by atoms with Crippen molar-refractivity contribution in [3.63, 3.8) is 0 Å². The van der Waals surface area contributed by atoms with E-state index in [1.54, 1.807) is 6.92 Å². The van der Waals surface area contributed by atoms with Crippen LogP contribution in [0.2, 0.25) is 0 Å². The van der Waals surface area contributed by atoms with Crippen molar-refractivity contribution >= 4 is 30.5 Å². The number of ether oxygens (including phenoxy) is 3. The lowest BCUT2D eigenvalue weighted by atomic mass is 9.92. The quantitative estimate of drug-likeness (QED) is 0.340. The molecule has 0 amide bonds. The molecule has 8 heteroatoms. The van der Waals surface area contributed by atoms with Crippen LogP contribution in [-0.4, -0.2) is 55.2 Å². The van der Waals surface area contributed by atoms with E-state index in [9.17, 15) is 19.5 Å². The number of esters is 3. The molecule has 1 atom stereocenters. The number of aliphatic hydroxyl groups excluding tert-OH is 1. The van der Waals surface area contributed by atoms with Gasteiger partial charge in [-0.1, -0.05) is 6.92 Å². The van der Waals surface area contributed by atoms with Crippen LogP contribution in [-0.2, 0) is 28.6 Å². The summed E-state index contributed by atoms with van der Waals surface area (Å²) in [5.41, 5.74) is -1.16. The Bertz CT molecular complexity index is 358. The minimum Gasteiger partial charge on any atom is -0.465 e. The number of thiol groups is 1. The monoisotopic (exact) mass is 322 g/mol. The number of rotatable bonds is 10. The molecule has 0 fully saturated rings. The maximum Gasteiger partial charge on any atom is 0.306 e. The van der Waals surface area contributed by atoms with E-state index < -0.39 is 29.9 Å². The number of hydrogen-bond acceptors (Lipinski definition) is 8. The second-order valence-corrected chi connectivity index (χ2v) is 5.03. The number of carbonyl (C=O) groups excluding carboxylic acids is 3. The Morgan fingerprint density at radius 3 is 2.00 bits per heavy atom. The summed E-state index contributed by atoms with van der Waals surface area (Å²) >= 11 is 3.91. The molecule has 21 heavy (non-hydrogen) atoms. The van der Waals surface area contributed by atoms with Crippen LogP contribution in [0.5, 0.6) is 0 Å². The first-order valence-corrected chi connectivity index (χ1v) is 7.18. The molecule has 0 spiro atoms. The van der Waals surface area contributed by atoms with Gasteiger partial charge < -0.3 is 19.3 Å². The Labute approximate surface area is 129 Å². The first-order chi connectivity index (χ1) is 9.89. The predicted octanol–water partition coefficient (Wildman–Crippen LogP) is 0.344. The third kappa shape index (κ3) is 8.56. The van der Waals surface area contributed by atoms with Gasteiger partial charge >= 0.3 is 17.9 Å². The van der Waals surface area contributed by atoms with Crippen molar-refractivity contribution in [2.45, 2.75) is 26.7 Å². The Morgan fingerprint density at radius 1 is 1.05 bits per heavy atom. The van der Waals surface area contributed by atoms with Gasteiger partial charge in [-0.2, -0.15) is 12.6 Å². The Hall–Kier alpha value is -1.28. The molecule has 1 unspecified atom stereocenters. The topological polar surface area (TPSA) is 99.1 Å². The number of hydrogen-bond donors (Lipinski definition) is 2. The summed E-state index contributed by atoms with van der Waals surface area (Å²) in [6.07, 6.45) is 0.293. The third-order valence-electron chi connectivity index (χ3n) is 2.60. The molecule has 0 aromatic rings. The van der Waals surface area contributed by atoms with Gasteiger partial charge in [0.25, 0.3) is 0 Å². The molecule has 0 aliphatic rings. The fourth-order valence-electron chi connectivity index (χ4n) is 1.25. The molecule has 1 N–H and O–H groups in total. The van der Waals surface area contributed by atoms with Crippen molar-refractivity contribution in [2.24, 2.45) is 5.41 Å². The van der Waals surface area contributed by atoms with Crippen LogP contribution in [0.3, 0.4) is 0 Å². The van der Waals surface area contributed by atoms with E-state index in [2.05, 4.69) is 12.6 Å². The zero-order chi connectivity index (χ0) is 16.3. The molecule has 122 valence electrons. The van der Waals surface area contributed by atoms with E-state index in [0.717, 1.165) is 0 Å². The Balaban J connectivity index is 4.71. The van der Waals surface area contributed by atoms with Crippen LogP contribution in [0.15, 0.2) is 0 Å². The molecule has 0 saturated carbocycles. The van der Waals surface area contributed by atoms with E-state index in [-0.39, 0.29) is 32.7 Å². The fourth-order valence-corrected chi connectivity index (χ4v) is 1.43. The molecular weight excluding hydrogens is 300 g/mol. The highest BCUT2D eigenvalue weighted by molar-refractivity contribution is 7.80. The molecule has 0 bridgehead atoms. The van der Waals surface area contributed by atoms with Crippen LogP contribution >= 0.6 is 12.6 Å². The second kappa shape index (κ2) is 10.4. The predicted molar refractivity (Wildman–Crippen MR) is 76.8 cm³/mol. The van der Waals surface area contributed by atoms with Crippen LogP contribution in [0.1, 0.15) is 26.7 Å². The SMILES string of the molecule is CCC(=O)OCC(CO)(COC(C)=O)COC(=O)CCS. The molecule has 0 aromatic heterocycles. The summed E-state index contributed by atoms with van der Waals surface area (Å²) < 4.78 is 14.8. The molecule has 7 nitrogen and oxygen atoms in total. The van der Waals surface area contributed by atoms with Gasteiger partial charge in [-0.3, -0.25) is 14.4 Å². The average Bonchev–Trinajstić information content (AvgIpc) is 2.46. The summed E-state index contributed by atoms with van der Waals surface area (Å²) in [4.78, 5) is 33.5. The van der Waals surface area contributed by atoms with E-state index in [1.807, 2.05) is 0 Å². The van der Waals surface area contributed by atoms with Gasteiger partial charge in [-0.15, -0.1) is 0 Å². The highest BCUT2D eigenvalue weighted by atomic mass is 32.1. The highest BCUT2D eigenvalue weighted by Gasteiger charge is 2.35. The zero-order valence-corrected chi connectivity index (χ0v) is 13.2. The fraction of sp³-hybridized carbons (Fsp3) is 0.769. The van der Waals surface area contributed by atoms with E-state index >= 15 is 0 Å². The van der Waals surface area contributed by atoms with Crippen molar-refractivity contribution in [2.75, 3.05) is 32.2 Å². The van der Waals surface area contributed by atoms with Gasteiger partial charge in [0.15, 0.2) is 0 Å². The molecular formula is C13H22O7S. The summed E-state index contributed by atoms with van der Waals surface area (Å²) in [6, 6.07) is 0. The molecule has 0 rings (SSSR count). The lowest BCUT2D eigenvalue weighted by Gasteiger charge is -2.29. The van der Waals surface area contributed by atoms with Gasteiger partial charge in [0.05, 0.1) is 18.4 Å². The van der Waals surface area contributed by atoms with Crippen molar-refractivity contribution in [3.8, 4) is 0 Å². The minimum absolute atomic E-state index is 0.118. The summed E-state index contributed by atoms with van der Waals surface area (Å²) in [5.74, 6) is -1.17. The second-order valence-electron chi connectivity index (χ2n) is 4.59. The van der Waals surface area contributed by atoms with Crippen molar-refractivity contribution < 1.29 is 33.7 Å². The lowest BCUT2D eigenvalue weighted by Crippen LogP contribution is -2.42.